The highest BCUT2D eigenvalue weighted by Gasteiger charge is 2.10. The second kappa shape index (κ2) is 4.83. The van der Waals surface area contributed by atoms with Crippen LogP contribution in [-0.4, -0.2) is 26.8 Å². The second-order valence-electron chi connectivity index (χ2n) is 3.63. The lowest BCUT2D eigenvalue weighted by molar-refractivity contribution is 0.660. The average molecular weight is 296 g/mol. The van der Waals surface area contributed by atoms with Crippen molar-refractivity contribution in [2.75, 3.05) is 12.4 Å². The van der Waals surface area contributed by atoms with Crippen LogP contribution in [-0.2, 0) is 6.54 Å². The van der Waals surface area contributed by atoms with Crippen molar-refractivity contribution in [2.45, 2.75) is 20.4 Å². The Kier molecular flexibility index (Phi) is 3.42. The Morgan fingerprint density at radius 3 is 2.76 bits per heavy atom. The maximum Gasteiger partial charge on any atom is 0.165 e. The van der Waals surface area contributed by atoms with Gasteiger partial charge in [0.1, 0.15) is 5.82 Å². The number of hydrogen-bond acceptors (Lipinski definition) is 4. The van der Waals surface area contributed by atoms with E-state index in [4.69, 9.17) is 0 Å². The van der Waals surface area contributed by atoms with Crippen LogP contribution in [0.15, 0.2) is 16.9 Å². The van der Waals surface area contributed by atoms with E-state index >= 15 is 0 Å². The molecule has 0 aliphatic heterocycles. The van der Waals surface area contributed by atoms with Crippen molar-refractivity contribution in [3.8, 4) is 11.4 Å². The monoisotopic (exact) mass is 295 g/mol. The summed E-state index contributed by atoms with van der Waals surface area (Å²) >= 11 is 3.46. The SMILES string of the molecule is CCn1cc(-c2nc(C)c(Br)c(NC)n2)cn1. The highest BCUT2D eigenvalue weighted by molar-refractivity contribution is 9.10. The molecular formula is C11H14BrN5. The predicted octanol–water partition coefficient (Wildman–Crippen LogP) is 2.47. The fourth-order valence-electron chi connectivity index (χ4n) is 1.51. The first-order chi connectivity index (χ1) is 8.15. The van der Waals surface area contributed by atoms with Crippen molar-refractivity contribution in [1.29, 1.82) is 0 Å². The van der Waals surface area contributed by atoms with Crippen LogP contribution in [0.3, 0.4) is 0 Å². The lowest BCUT2D eigenvalue weighted by Crippen LogP contribution is -2.00. The van der Waals surface area contributed by atoms with Crippen LogP contribution < -0.4 is 5.32 Å². The van der Waals surface area contributed by atoms with Gasteiger partial charge in [-0.1, -0.05) is 0 Å². The minimum Gasteiger partial charge on any atom is -0.372 e. The summed E-state index contributed by atoms with van der Waals surface area (Å²) in [5.74, 6) is 1.48. The summed E-state index contributed by atoms with van der Waals surface area (Å²) in [5, 5.41) is 7.27. The lowest BCUT2D eigenvalue weighted by atomic mass is 10.3. The molecule has 2 heterocycles. The summed E-state index contributed by atoms with van der Waals surface area (Å²) in [5.41, 5.74) is 1.84. The first-order valence-electron chi connectivity index (χ1n) is 5.40. The van der Waals surface area contributed by atoms with Gasteiger partial charge in [-0.2, -0.15) is 5.10 Å². The predicted molar refractivity (Wildman–Crippen MR) is 70.9 cm³/mol. The number of nitrogens with zero attached hydrogens (tertiary/aromatic N) is 4. The third-order valence-corrected chi connectivity index (χ3v) is 3.42. The second-order valence-corrected chi connectivity index (χ2v) is 4.42. The molecule has 0 aliphatic carbocycles. The smallest absolute Gasteiger partial charge is 0.165 e. The molecule has 6 heteroatoms. The Morgan fingerprint density at radius 2 is 2.18 bits per heavy atom. The third kappa shape index (κ3) is 2.31. The molecular weight excluding hydrogens is 282 g/mol. The molecule has 0 saturated heterocycles. The minimum atomic E-state index is 0.690. The standard InChI is InChI=1S/C11H14BrN5/c1-4-17-6-8(5-14-17)10-15-7(2)9(12)11(13-3)16-10/h5-6H,4H2,1-3H3,(H,13,15,16). The molecule has 0 radical (unpaired) electrons. The highest BCUT2D eigenvalue weighted by atomic mass is 79.9. The summed E-state index contributed by atoms with van der Waals surface area (Å²) in [7, 11) is 1.84. The van der Waals surface area contributed by atoms with Crippen LogP contribution in [0.5, 0.6) is 0 Å². The Labute approximate surface area is 108 Å². The van der Waals surface area contributed by atoms with E-state index in [-0.39, 0.29) is 0 Å². The zero-order valence-electron chi connectivity index (χ0n) is 10.0. The molecule has 90 valence electrons. The van der Waals surface area contributed by atoms with Crippen molar-refractivity contribution in [3.05, 3.63) is 22.6 Å². The van der Waals surface area contributed by atoms with E-state index < -0.39 is 0 Å². The van der Waals surface area contributed by atoms with Gasteiger partial charge in [0.2, 0.25) is 0 Å². The van der Waals surface area contributed by atoms with Gasteiger partial charge >= 0.3 is 0 Å². The van der Waals surface area contributed by atoms with Crippen LogP contribution in [0, 0.1) is 6.92 Å². The largest absolute Gasteiger partial charge is 0.372 e. The van der Waals surface area contributed by atoms with Gasteiger partial charge in [0, 0.05) is 19.8 Å². The Bertz CT molecular complexity index is 535. The van der Waals surface area contributed by atoms with Gasteiger partial charge in [0.25, 0.3) is 0 Å². The van der Waals surface area contributed by atoms with Gasteiger partial charge in [0.15, 0.2) is 5.82 Å². The van der Waals surface area contributed by atoms with Crippen molar-refractivity contribution < 1.29 is 0 Å². The van der Waals surface area contributed by atoms with E-state index in [9.17, 15) is 0 Å². The normalized spacial score (nSPS) is 10.6. The van der Waals surface area contributed by atoms with Crippen molar-refractivity contribution in [1.82, 2.24) is 19.7 Å². The number of rotatable bonds is 3. The molecule has 0 aromatic carbocycles. The summed E-state index contributed by atoms with van der Waals surface area (Å²) in [6.07, 6.45) is 3.73. The van der Waals surface area contributed by atoms with Crippen LogP contribution in [0.25, 0.3) is 11.4 Å². The van der Waals surface area contributed by atoms with Gasteiger partial charge in [-0.15, -0.1) is 0 Å². The quantitative estimate of drug-likeness (QED) is 0.945. The fraction of sp³-hybridized carbons (Fsp3) is 0.364. The number of aryl methyl sites for hydroxylation is 2. The Hall–Kier alpha value is -1.43. The summed E-state index contributed by atoms with van der Waals surface area (Å²) in [4.78, 5) is 8.89. The van der Waals surface area contributed by atoms with Crippen LogP contribution in [0.2, 0.25) is 0 Å². The van der Waals surface area contributed by atoms with Gasteiger partial charge in [-0.25, -0.2) is 9.97 Å². The van der Waals surface area contributed by atoms with E-state index in [1.807, 2.05) is 31.8 Å². The van der Waals surface area contributed by atoms with Gasteiger partial charge in [-0.3, -0.25) is 4.68 Å². The molecule has 0 fully saturated rings. The molecule has 0 saturated carbocycles. The number of nitrogens with one attached hydrogen (secondary N) is 1. The van der Waals surface area contributed by atoms with Crippen LogP contribution in [0.1, 0.15) is 12.6 Å². The molecule has 2 aromatic rings. The molecule has 5 nitrogen and oxygen atoms in total. The number of aromatic nitrogens is 4. The first-order valence-corrected chi connectivity index (χ1v) is 6.19. The molecule has 17 heavy (non-hydrogen) atoms. The molecule has 0 amide bonds. The van der Waals surface area contributed by atoms with Crippen molar-refractivity contribution in [3.63, 3.8) is 0 Å². The number of hydrogen-bond donors (Lipinski definition) is 1. The van der Waals surface area contributed by atoms with Crippen LogP contribution in [0.4, 0.5) is 5.82 Å². The fourth-order valence-corrected chi connectivity index (χ4v) is 1.88. The van der Waals surface area contributed by atoms with Crippen molar-refractivity contribution >= 4 is 21.7 Å². The van der Waals surface area contributed by atoms with Gasteiger partial charge in [0.05, 0.1) is 21.9 Å². The zero-order chi connectivity index (χ0) is 12.4. The van der Waals surface area contributed by atoms with E-state index in [0.717, 1.165) is 28.1 Å². The van der Waals surface area contributed by atoms with Gasteiger partial charge in [-0.05, 0) is 29.8 Å². The van der Waals surface area contributed by atoms with Gasteiger partial charge < -0.3 is 5.32 Å². The van der Waals surface area contributed by atoms with Crippen molar-refractivity contribution in [2.24, 2.45) is 0 Å². The average Bonchev–Trinajstić information content (AvgIpc) is 2.81. The highest BCUT2D eigenvalue weighted by Crippen LogP contribution is 2.26. The maximum atomic E-state index is 4.45. The number of halogens is 1. The molecule has 2 rings (SSSR count). The Morgan fingerprint density at radius 1 is 1.41 bits per heavy atom. The molecule has 2 aromatic heterocycles. The van der Waals surface area contributed by atoms with E-state index in [2.05, 4.69) is 36.3 Å². The zero-order valence-corrected chi connectivity index (χ0v) is 11.6. The summed E-state index contributed by atoms with van der Waals surface area (Å²) in [6.45, 7) is 4.83. The molecule has 0 spiro atoms. The van der Waals surface area contributed by atoms with E-state index in [1.54, 1.807) is 6.20 Å². The van der Waals surface area contributed by atoms with E-state index in [0.29, 0.717) is 5.82 Å². The van der Waals surface area contributed by atoms with Crippen LogP contribution >= 0.6 is 15.9 Å². The van der Waals surface area contributed by atoms with E-state index in [1.165, 1.54) is 0 Å². The molecule has 0 bridgehead atoms. The first kappa shape index (κ1) is 12.0. The molecule has 0 unspecified atom stereocenters. The summed E-state index contributed by atoms with van der Waals surface area (Å²) in [6, 6.07) is 0. The topological polar surface area (TPSA) is 55.6 Å². The number of anilines is 1. The molecule has 0 atom stereocenters. The lowest BCUT2D eigenvalue weighted by Gasteiger charge is -2.07. The molecule has 0 aliphatic rings. The maximum absolute atomic E-state index is 4.45. The Balaban J connectivity index is 2.48. The minimum absolute atomic E-state index is 0.690. The third-order valence-electron chi connectivity index (χ3n) is 2.47. The summed E-state index contributed by atoms with van der Waals surface area (Å²) < 4.78 is 2.75. The molecule has 1 N–H and O–H groups in total.